The lowest BCUT2D eigenvalue weighted by Gasteiger charge is -2.21. The van der Waals surface area contributed by atoms with Crippen LogP contribution in [0.2, 0.25) is 0 Å². The number of anilines is 1. The standard InChI is InChI=1S/C21H25N3O2S2.ClH/c1-15-10-11-17(26-4)19-20(15)28-21(22-19)24(13-12-23(2)3)18(25)14-27-16-8-6-5-7-9-16;/h5-11H,12-14H2,1-4H3;1H. The molecule has 3 rings (SSSR count). The van der Waals surface area contributed by atoms with E-state index in [2.05, 4.69) is 11.8 Å². The molecule has 0 fully saturated rings. The number of ether oxygens (including phenoxy) is 1. The maximum Gasteiger partial charge on any atom is 0.239 e. The Morgan fingerprint density at radius 1 is 1.14 bits per heavy atom. The van der Waals surface area contributed by atoms with Gasteiger partial charge in [0.1, 0.15) is 11.3 Å². The maximum atomic E-state index is 13.1. The molecule has 0 aliphatic rings. The van der Waals surface area contributed by atoms with Gasteiger partial charge in [-0.25, -0.2) is 4.98 Å². The molecule has 0 atom stereocenters. The van der Waals surface area contributed by atoms with Gasteiger partial charge >= 0.3 is 0 Å². The van der Waals surface area contributed by atoms with Crippen LogP contribution in [0.25, 0.3) is 10.2 Å². The molecule has 0 radical (unpaired) electrons. The van der Waals surface area contributed by atoms with Crippen molar-refractivity contribution in [3.8, 4) is 5.75 Å². The van der Waals surface area contributed by atoms with E-state index in [4.69, 9.17) is 9.72 Å². The lowest BCUT2D eigenvalue weighted by atomic mass is 10.2. The van der Waals surface area contributed by atoms with Gasteiger partial charge in [-0.1, -0.05) is 35.6 Å². The molecule has 0 aliphatic heterocycles. The van der Waals surface area contributed by atoms with Crippen LogP contribution >= 0.6 is 35.5 Å². The number of methoxy groups -OCH3 is 1. The summed E-state index contributed by atoms with van der Waals surface area (Å²) in [6.07, 6.45) is 0. The Labute approximate surface area is 186 Å². The van der Waals surface area contributed by atoms with Crippen LogP contribution in [0.15, 0.2) is 47.4 Å². The van der Waals surface area contributed by atoms with E-state index in [-0.39, 0.29) is 18.3 Å². The number of halogens is 1. The monoisotopic (exact) mass is 451 g/mol. The number of nitrogens with zero attached hydrogens (tertiary/aromatic N) is 3. The molecule has 0 saturated heterocycles. The second kappa shape index (κ2) is 10.8. The van der Waals surface area contributed by atoms with Crippen LogP contribution in [0, 0.1) is 6.92 Å². The highest BCUT2D eigenvalue weighted by Gasteiger charge is 2.21. The van der Waals surface area contributed by atoms with Crippen molar-refractivity contribution in [3.05, 3.63) is 48.0 Å². The lowest BCUT2D eigenvalue weighted by molar-refractivity contribution is -0.116. The third kappa shape index (κ3) is 5.85. The molecule has 5 nitrogen and oxygen atoms in total. The quantitative estimate of drug-likeness (QED) is 0.463. The van der Waals surface area contributed by atoms with E-state index < -0.39 is 0 Å². The van der Waals surface area contributed by atoms with Crippen LogP contribution in [0.1, 0.15) is 5.56 Å². The Morgan fingerprint density at radius 2 is 1.86 bits per heavy atom. The molecule has 0 unspecified atom stereocenters. The number of amides is 1. The molecule has 3 aromatic rings. The first-order valence-corrected chi connectivity index (χ1v) is 10.9. The number of fused-ring (bicyclic) bond motifs is 1. The zero-order valence-electron chi connectivity index (χ0n) is 17.0. The summed E-state index contributed by atoms with van der Waals surface area (Å²) >= 11 is 3.10. The van der Waals surface area contributed by atoms with Gasteiger partial charge in [0.25, 0.3) is 0 Å². The van der Waals surface area contributed by atoms with E-state index in [9.17, 15) is 4.79 Å². The van der Waals surface area contributed by atoms with Crippen molar-refractivity contribution < 1.29 is 9.53 Å². The van der Waals surface area contributed by atoms with Gasteiger partial charge in [-0.3, -0.25) is 9.69 Å². The Balaban J connectivity index is 0.00000300. The van der Waals surface area contributed by atoms with Gasteiger partial charge in [0.15, 0.2) is 5.13 Å². The first-order chi connectivity index (χ1) is 13.5. The Hall–Kier alpha value is -1.80. The predicted molar refractivity (Wildman–Crippen MR) is 126 cm³/mol. The number of carbonyl (C=O) groups excluding carboxylic acids is 1. The average molecular weight is 452 g/mol. The smallest absolute Gasteiger partial charge is 0.239 e. The molecule has 0 bridgehead atoms. The summed E-state index contributed by atoms with van der Waals surface area (Å²) in [4.78, 5) is 22.8. The van der Waals surface area contributed by atoms with Crippen molar-refractivity contribution >= 4 is 56.8 Å². The van der Waals surface area contributed by atoms with E-state index in [1.54, 1.807) is 35.1 Å². The first-order valence-electron chi connectivity index (χ1n) is 9.06. The highest BCUT2D eigenvalue weighted by Crippen LogP contribution is 2.36. The van der Waals surface area contributed by atoms with E-state index in [0.717, 1.165) is 38.1 Å². The molecule has 0 aliphatic carbocycles. The number of aromatic nitrogens is 1. The topological polar surface area (TPSA) is 45.7 Å². The minimum atomic E-state index is 0. The summed E-state index contributed by atoms with van der Waals surface area (Å²) in [5, 5.41) is 0.725. The summed E-state index contributed by atoms with van der Waals surface area (Å²) in [7, 11) is 5.66. The van der Waals surface area contributed by atoms with Gasteiger partial charge in [0.05, 0.1) is 17.6 Å². The summed E-state index contributed by atoms with van der Waals surface area (Å²) in [5.74, 6) is 1.18. The maximum absolute atomic E-state index is 13.1. The Bertz CT molecular complexity index is 948. The van der Waals surface area contributed by atoms with Crippen LogP contribution in [0.4, 0.5) is 5.13 Å². The Kier molecular flexibility index (Phi) is 8.77. The molecule has 156 valence electrons. The number of hydrogen-bond donors (Lipinski definition) is 0. The van der Waals surface area contributed by atoms with Crippen LogP contribution in [0.3, 0.4) is 0 Å². The molecule has 8 heteroatoms. The Morgan fingerprint density at radius 3 is 2.52 bits per heavy atom. The van der Waals surface area contributed by atoms with Gasteiger partial charge in [0, 0.05) is 18.0 Å². The number of aryl methyl sites for hydroxylation is 1. The second-order valence-electron chi connectivity index (χ2n) is 6.71. The molecule has 2 aromatic carbocycles. The van der Waals surface area contributed by atoms with E-state index in [0.29, 0.717) is 12.3 Å². The number of benzene rings is 2. The SMILES string of the molecule is COc1ccc(C)c2sc(N(CCN(C)C)C(=O)CSc3ccccc3)nc12.Cl. The van der Waals surface area contributed by atoms with Crippen molar-refractivity contribution in [2.24, 2.45) is 0 Å². The average Bonchev–Trinajstić information content (AvgIpc) is 3.13. The van der Waals surface area contributed by atoms with E-state index in [1.807, 2.05) is 56.6 Å². The number of likely N-dealkylation sites (N-methyl/N-ethyl adjacent to an activating group) is 1. The highest BCUT2D eigenvalue weighted by molar-refractivity contribution is 8.00. The molecule has 1 aromatic heterocycles. The highest BCUT2D eigenvalue weighted by atomic mass is 35.5. The van der Waals surface area contributed by atoms with Gasteiger partial charge < -0.3 is 9.64 Å². The van der Waals surface area contributed by atoms with E-state index in [1.165, 1.54) is 0 Å². The molecular formula is C21H26ClN3O2S2. The van der Waals surface area contributed by atoms with E-state index >= 15 is 0 Å². The van der Waals surface area contributed by atoms with Crippen LogP contribution < -0.4 is 9.64 Å². The number of hydrogen-bond acceptors (Lipinski definition) is 6. The summed E-state index contributed by atoms with van der Waals surface area (Å²) in [6, 6.07) is 13.9. The molecule has 29 heavy (non-hydrogen) atoms. The predicted octanol–water partition coefficient (Wildman–Crippen LogP) is 4.72. The summed E-state index contributed by atoms with van der Waals surface area (Å²) in [5.41, 5.74) is 1.96. The molecular weight excluding hydrogens is 426 g/mol. The minimum Gasteiger partial charge on any atom is -0.494 e. The van der Waals surface area contributed by atoms with Gasteiger partial charge in [-0.15, -0.1) is 24.2 Å². The number of thioether (sulfide) groups is 1. The number of rotatable bonds is 8. The van der Waals surface area contributed by atoms with Crippen molar-refractivity contribution in [2.75, 3.05) is 44.9 Å². The van der Waals surface area contributed by atoms with Crippen molar-refractivity contribution in [3.63, 3.8) is 0 Å². The second-order valence-corrected chi connectivity index (χ2v) is 8.74. The van der Waals surface area contributed by atoms with Crippen LogP contribution in [-0.4, -0.2) is 55.8 Å². The zero-order chi connectivity index (χ0) is 20.1. The first kappa shape index (κ1) is 23.5. The molecule has 0 saturated carbocycles. The molecule has 1 heterocycles. The summed E-state index contributed by atoms with van der Waals surface area (Å²) < 4.78 is 6.53. The fraction of sp³-hybridized carbons (Fsp3) is 0.333. The fourth-order valence-electron chi connectivity index (χ4n) is 2.75. The number of carbonyl (C=O) groups is 1. The molecule has 0 N–H and O–H groups in total. The molecule has 1 amide bonds. The van der Waals surface area contributed by atoms with Crippen molar-refractivity contribution in [2.45, 2.75) is 11.8 Å². The van der Waals surface area contributed by atoms with Gasteiger partial charge in [-0.05, 0) is 44.8 Å². The van der Waals surface area contributed by atoms with Crippen molar-refractivity contribution in [1.29, 1.82) is 0 Å². The van der Waals surface area contributed by atoms with Gasteiger partial charge in [0.2, 0.25) is 5.91 Å². The lowest BCUT2D eigenvalue weighted by Crippen LogP contribution is -2.37. The zero-order valence-corrected chi connectivity index (χ0v) is 19.5. The molecule has 0 spiro atoms. The van der Waals surface area contributed by atoms with Crippen LogP contribution in [0.5, 0.6) is 5.75 Å². The normalized spacial score (nSPS) is 10.8. The van der Waals surface area contributed by atoms with Crippen molar-refractivity contribution in [1.82, 2.24) is 9.88 Å². The number of thiazole rings is 1. The van der Waals surface area contributed by atoms with Gasteiger partial charge in [-0.2, -0.15) is 0 Å². The summed E-state index contributed by atoms with van der Waals surface area (Å²) in [6.45, 7) is 3.43. The third-order valence-electron chi connectivity index (χ3n) is 4.32. The third-order valence-corrected chi connectivity index (χ3v) is 6.53. The minimum absolute atomic E-state index is 0. The largest absolute Gasteiger partial charge is 0.494 e. The van der Waals surface area contributed by atoms with Crippen LogP contribution in [-0.2, 0) is 4.79 Å². The fourth-order valence-corrected chi connectivity index (χ4v) is 4.64.